The SMILES string of the molecule is CCCC/C=C/CC(=O)NC[N+](CO)(CO)CNC(=O)C/C=C/CCCC. The van der Waals surface area contributed by atoms with Crippen molar-refractivity contribution in [3.63, 3.8) is 0 Å². The van der Waals surface area contributed by atoms with Crippen LogP contribution in [-0.4, -0.2) is 53.3 Å². The molecule has 4 N–H and O–H groups in total. The molecule has 27 heavy (non-hydrogen) atoms. The van der Waals surface area contributed by atoms with Crippen molar-refractivity contribution in [2.24, 2.45) is 0 Å². The molecule has 0 spiro atoms. The van der Waals surface area contributed by atoms with Crippen LogP contribution in [0.15, 0.2) is 24.3 Å². The maximum absolute atomic E-state index is 11.9. The first-order valence-corrected chi connectivity index (χ1v) is 9.93. The number of nitrogens with zero attached hydrogens (tertiary/aromatic N) is 1. The topological polar surface area (TPSA) is 98.7 Å². The van der Waals surface area contributed by atoms with Crippen molar-refractivity contribution in [2.75, 3.05) is 26.8 Å². The highest BCUT2D eigenvalue weighted by atomic mass is 16.3. The number of nitrogens with one attached hydrogen (secondary N) is 2. The Morgan fingerprint density at radius 3 is 1.52 bits per heavy atom. The van der Waals surface area contributed by atoms with E-state index < -0.39 is 13.5 Å². The van der Waals surface area contributed by atoms with E-state index >= 15 is 0 Å². The van der Waals surface area contributed by atoms with Crippen LogP contribution in [0.3, 0.4) is 0 Å². The summed E-state index contributed by atoms with van der Waals surface area (Å²) in [5.74, 6) is -0.366. The lowest BCUT2D eigenvalue weighted by Crippen LogP contribution is -2.59. The highest BCUT2D eigenvalue weighted by Crippen LogP contribution is 2.02. The normalized spacial score (nSPS) is 12.0. The lowest BCUT2D eigenvalue weighted by atomic mass is 10.2. The van der Waals surface area contributed by atoms with Crippen molar-refractivity contribution in [1.29, 1.82) is 0 Å². The lowest BCUT2D eigenvalue weighted by molar-refractivity contribution is -0.964. The number of carbonyl (C=O) groups excluding carboxylic acids is 2. The Bertz CT molecular complexity index is 422. The molecule has 0 fully saturated rings. The van der Waals surface area contributed by atoms with Crippen molar-refractivity contribution in [3.8, 4) is 0 Å². The van der Waals surface area contributed by atoms with Gasteiger partial charge < -0.3 is 20.8 Å². The minimum absolute atomic E-state index is 0.0429. The largest absolute Gasteiger partial charge is 0.347 e. The van der Waals surface area contributed by atoms with E-state index in [4.69, 9.17) is 0 Å². The molecule has 0 bridgehead atoms. The van der Waals surface area contributed by atoms with Gasteiger partial charge in [0.15, 0.2) is 26.8 Å². The standard InChI is InChI=1S/C20H37N3O4/c1-3-5-7-9-11-13-19(26)21-15-23(17-24,18-25)16-22-20(27)14-12-10-8-6-4-2/h9-12,24-25H,3-8,13-18H2,1-2H3,(H-,21,22,26,27)/p+1/b11-9+,12-10+. The van der Waals surface area contributed by atoms with Gasteiger partial charge in [-0.3, -0.25) is 9.59 Å². The average molecular weight is 385 g/mol. The smallest absolute Gasteiger partial charge is 0.228 e. The van der Waals surface area contributed by atoms with Crippen LogP contribution in [0.5, 0.6) is 0 Å². The zero-order chi connectivity index (χ0) is 20.4. The Hall–Kier alpha value is -1.70. The average Bonchev–Trinajstić information content (AvgIpc) is 2.68. The molecule has 0 rings (SSSR count). The van der Waals surface area contributed by atoms with E-state index in [9.17, 15) is 19.8 Å². The molecule has 0 aromatic rings. The fourth-order valence-corrected chi connectivity index (χ4v) is 2.22. The van der Waals surface area contributed by atoms with Crippen LogP contribution in [0, 0.1) is 0 Å². The summed E-state index contributed by atoms with van der Waals surface area (Å²) in [5.41, 5.74) is 0. The molecule has 7 heteroatoms. The molecule has 0 aromatic carbocycles. The molecule has 0 atom stereocenters. The summed E-state index contributed by atoms with van der Waals surface area (Å²) in [6.45, 7) is 3.53. The zero-order valence-corrected chi connectivity index (χ0v) is 17.0. The summed E-state index contributed by atoms with van der Waals surface area (Å²) < 4.78 is -0.240. The number of unbranched alkanes of at least 4 members (excludes halogenated alkanes) is 4. The number of hydrogen-bond acceptors (Lipinski definition) is 4. The summed E-state index contributed by atoms with van der Waals surface area (Å²) in [6, 6.07) is 0. The molecule has 0 heterocycles. The third-order valence-corrected chi connectivity index (χ3v) is 4.21. The molecule has 0 aliphatic heterocycles. The number of rotatable bonds is 16. The third-order valence-electron chi connectivity index (χ3n) is 4.21. The van der Waals surface area contributed by atoms with Gasteiger partial charge >= 0.3 is 0 Å². The predicted molar refractivity (Wildman–Crippen MR) is 107 cm³/mol. The summed E-state index contributed by atoms with van der Waals surface area (Å²) in [7, 11) is 0. The van der Waals surface area contributed by atoms with E-state index in [0.29, 0.717) is 0 Å². The summed E-state index contributed by atoms with van der Waals surface area (Å²) >= 11 is 0. The van der Waals surface area contributed by atoms with Crippen molar-refractivity contribution < 1.29 is 24.3 Å². The van der Waals surface area contributed by atoms with Crippen molar-refractivity contribution in [2.45, 2.75) is 65.2 Å². The maximum atomic E-state index is 11.9. The van der Waals surface area contributed by atoms with Gasteiger partial charge in [0, 0.05) is 12.8 Å². The maximum Gasteiger partial charge on any atom is 0.228 e. The van der Waals surface area contributed by atoms with Gasteiger partial charge in [-0.05, 0) is 12.8 Å². The van der Waals surface area contributed by atoms with E-state index in [1.54, 1.807) is 0 Å². The Morgan fingerprint density at radius 2 is 1.19 bits per heavy atom. The summed E-state index contributed by atoms with van der Waals surface area (Å²) in [4.78, 5) is 23.8. The fraction of sp³-hybridized carbons (Fsp3) is 0.700. The quantitative estimate of drug-likeness (QED) is 0.142. The van der Waals surface area contributed by atoms with Crippen LogP contribution in [0.1, 0.15) is 65.2 Å². The summed E-state index contributed by atoms with van der Waals surface area (Å²) in [5, 5.41) is 24.7. The van der Waals surface area contributed by atoms with Gasteiger partial charge in [0.05, 0.1) is 0 Å². The van der Waals surface area contributed by atoms with Crippen LogP contribution in [0.25, 0.3) is 0 Å². The van der Waals surface area contributed by atoms with E-state index in [0.717, 1.165) is 38.5 Å². The molecule has 0 aliphatic carbocycles. The highest BCUT2D eigenvalue weighted by Gasteiger charge is 2.26. The first-order chi connectivity index (χ1) is 13.0. The number of allylic oxidation sites excluding steroid dienone is 2. The predicted octanol–water partition coefficient (Wildman–Crippen LogP) is 2.12. The second kappa shape index (κ2) is 16.5. The van der Waals surface area contributed by atoms with Gasteiger partial charge in [-0.25, -0.2) is 4.48 Å². The number of hydrogen-bond donors (Lipinski definition) is 4. The molecule has 0 aliphatic rings. The molecular formula is C20H38N3O4+. The molecule has 0 saturated carbocycles. The zero-order valence-electron chi connectivity index (χ0n) is 17.0. The van der Waals surface area contributed by atoms with Crippen LogP contribution in [0.2, 0.25) is 0 Å². The first kappa shape index (κ1) is 25.3. The van der Waals surface area contributed by atoms with Crippen molar-refractivity contribution in [3.05, 3.63) is 24.3 Å². The number of aliphatic hydroxyl groups is 2. The van der Waals surface area contributed by atoms with Crippen LogP contribution >= 0.6 is 0 Å². The summed E-state index contributed by atoms with van der Waals surface area (Å²) in [6.07, 6.45) is 14.5. The van der Waals surface area contributed by atoms with E-state index in [1.165, 1.54) is 0 Å². The Balaban J connectivity index is 4.29. The number of amides is 2. The monoisotopic (exact) mass is 384 g/mol. The van der Waals surface area contributed by atoms with E-state index in [2.05, 4.69) is 24.5 Å². The second-order valence-corrected chi connectivity index (χ2v) is 6.78. The van der Waals surface area contributed by atoms with Crippen LogP contribution in [0.4, 0.5) is 0 Å². The first-order valence-electron chi connectivity index (χ1n) is 9.93. The van der Waals surface area contributed by atoms with Gasteiger partial charge in [-0.15, -0.1) is 0 Å². The molecule has 0 unspecified atom stereocenters. The number of aliphatic hydroxyl groups excluding tert-OH is 2. The second-order valence-electron chi connectivity index (χ2n) is 6.78. The fourth-order valence-electron chi connectivity index (χ4n) is 2.22. The minimum atomic E-state index is -0.393. The molecule has 2 amide bonds. The van der Waals surface area contributed by atoms with E-state index in [-0.39, 0.29) is 42.5 Å². The van der Waals surface area contributed by atoms with Gasteiger partial charge in [0.25, 0.3) is 0 Å². The third kappa shape index (κ3) is 13.2. The Morgan fingerprint density at radius 1 is 0.778 bits per heavy atom. The molecule has 0 radical (unpaired) electrons. The van der Waals surface area contributed by atoms with Crippen molar-refractivity contribution in [1.82, 2.24) is 10.6 Å². The van der Waals surface area contributed by atoms with E-state index in [1.807, 2.05) is 24.3 Å². The number of carbonyl (C=O) groups is 2. The van der Waals surface area contributed by atoms with Gasteiger partial charge in [-0.1, -0.05) is 63.8 Å². The highest BCUT2D eigenvalue weighted by molar-refractivity contribution is 5.77. The molecule has 0 saturated heterocycles. The van der Waals surface area contributed by atoms with Crippen LogP contribution < -0.4 is 10.6 Å². The Kier molecular flexibility index (Phi) is 15.4. The Labute approximate surface area is 163 Å². The van der Waals surface area contributed by atoms with Gasteiger partial charge in [0.1, 0.15) is 0 Å². The van der Waals surface area contributed by atoms with Crippen molar-refractivity contribution >= 4 is 11.8 Å². The molecule has 156 valence electrons. The molecule has 0 aromatic heterocycles. The molecule has 7 nitrogen and oxygen atoms in total. The lowest BCUT2D eigenvalue weighted by Gasteiger charge is -2.34. The van der Waals surface area contributed by atoms with Crippen LogP contribution in [-0.2, 0) is 9.59 Å². The minimum Gasteiger partial charge on any atom is -0.347 e. The molecular weight excluding hydrogens is 346 g/mol. The number of quaternary nitrogens is 1. The van der Waals surface area contributed by atoms with Gasteiger partial charge in [-0.2, -0.15) is 0 Å². The van der Waals surface area contributed by atoms with Gasteiger partial charge in [0.2, 0.25) is 11.8 Å².